The van der Waals surface area contributed by atoms with Crippen LogP contribution in [-0.4, -0.2) is 44.1 Å². The second kappa shape index (κ2) is 9.35. The van der Waals surface area contributed by atoms with Crippen molar-refractivity contribution in [2.24, 2.45) is 0 Å². The Kier molecular flexibility index (Phi) is 6.61. The summed E-state index contributed by atoms with van der Waals surface area (Å²) in [5, 5.41) is 3.11. The molecular formula is C23H26N2O5. The van der Waals surface area contributed by atoms with E-state index >= 15 is 0 Å². The second-order valence-corrected chi connectivity index (χ2v) is 6.67. The van der Waals surface area contributed by atoms with E-state index in [0.717, 1.165) is 12.2 Å². The number of nitrogens with zero attached hydrogens (tertiary/aromatic N) is 1. The molecule has 0 fully saturated rings. The van der Waals surface area contributed by atoms with Crippen LogP contribution in [0.5, 0.6) is 17.2 Å². The molecule has 2 amide bonds. The minimum Gasteiger partial charge on any atom is -0.497 e. The average molecular weight is 410 g/mol. The van der Waals surface area contributed by atoms with Gasteiger partial charge < -0.3 is 19.5 Å². The van der Waals surface area contributed by atoms with Gasteiger partial charge in [0.2, 0.25) is 0 Å². The number of hydrogen-bond acceptors (Lipinski definition) is 6. The number of carbonyl (C=O) groups is 2. The van der Waals surface area contributed by atoms with Crippen molar-refractivity contribution in [1.29, 1.82) is 0 Å². The van der Waals surface area contributed by atoms with Crippen molar-refractivity contribution in [2.45, 2.75) is 20.3 Å². The lowest BCUT2D eigenvalue weighted by atomic mass is 10.0. The predicted molar refractivity (Wildman–Crippen MR) is 115 cm³/mol. The van der Waals surface area contributed by atoms with Gasteiger partial charge in [-0.2, -0.15) is 0 Å². The van der Waals surface area contributed by atoms with Gasteiger partial charge in [0.1, 0.15) is 22.9 Å². The van der Waals surface area contributed by atoms with E-state index in [1.807, 2.05) is 6.92 Å². The number of carbonyl (C=O) groups excluding carboxylic acids is 2. The third-order valence-electron chi connectivity index (χ3n) is 4.77. The topological polar surface area (TPSA) is 77.1 Å². The average Bonchev–Trinajstić information content (AvgIpc) is 3.01. The Labute approximate surface area is 176 Å². The molecule has 0 atom stereocenters. The molecular weight excluding hydrogens is 384 g/mol. The van der Waals surface area contributed by atoms with Gasteiger partial charge in [-0.05, 0) is 43.2 Å². The number of ether oxygens (including phenoxy) is 3. The molecule has 2 aromatic carbocycles. The van der Waals surface area contributed by atoms with Crippen LogP contribution in [0, 0.1) is 0 Å². The molecule has 30 heavy (non-hydrogen) atoms. The molecule has 0 aliphatic carbocycles. The molecule has 1 aliphatic heterocycles. The number of benzene rings is 2. The number of nitrogens with one attached hydrogen (secondary N) is 1. The van der Waals surface area contributed by atoms with Crippen LogP contribution in [-0.2, 0) is 9.59 Å². The van der Waals surface area contributed by atoms with Gasteiger partial charge in [-0.15, -0.1) is 0 Å². The predicted octanol–water partition coefficient (Wildman–Crippen LogP) is 3.70. The molecule has 1 heterocycles. The first-order valence-electron chi connectivity index (χ1n) is 9.86. The van der Waals surface area contributed by atoms with E-state index in [0.29, 0.717) is 34.9 Å². The Hall–Kier alpha value is -3.48. The molecule has 0 radical (unpaired) electrons. The van der Waals surface area contributed by atoms with Gasteiger partial charge >= 0.3 is 0 Å². The monoisotopic (exact) mass is 410 g/mol. The molecule has 1 aliphatic rings. The number of imide groups is 1. The minimum absolute atomic E-state index is 0.215. The fourth-order valence-corrected chi connectivity index (χ4v) is 3.22. The molecule has 158 valence electrons. The summed E-state index contributed by atoms with van der Waals surface area (Å²) < 4.78 is 16.3. The first-order valence-corrected chi connectivity index (χ1v) is 9.86. The SMILES string of the molecule is CCCOc1ccc(C2=C(Nc3ccc(OC)cc3OC)C(=O)N(CC)C2=O)cc1. The lowest BCUT2D eigenvalue weighted by Gasteiger charge is -2.14. The molecule has 2 aromatic rings. The highest BCUT2D eigenvalue weighted by molar-refractivity contribution is 6.36. The van der Waals surface area contributed by atoms with Crippen LogP contribution in [0.1, 0.15) is 25.8 Å². The van der Waals surface area contributed by atoms with Crippen molar-refractivity contribution in [2.75, 3.05) is 32.7 Å². The largest absolute Gasteiger partial charge is 0.497 e. The smallest absolute Gasteiger partial charge is 0.278 e. The molecule has 0 aromatic heterocycles. The van der Waals surface area contributed by atoms with Crippen LogP contribution >= 0.6 is 0 Å². The Morgan fingerprint density at radius 1 is 0.900 bits per heavy atom. The Morgan fingerprint density at radius 2 is 1.60 bits per heavy atom. The third kappa shape index (κ3) is 4.10. The molecule has 7 nitrogen and oxygen atoms in total. The first kappa shape index (κ1) is 21.2. The zero-order chi connectivity index (χ0) is 21.7. The van der Waals surface area contributed by atoms with Gasteiger partial charge in [0.25, 0.3) is 11.8 Å². The number of likely N-dealkylation sites (N-methyl/N-ethyl adjacent to an activating group) is 1. The quantitative estimate of drug-likeness (QED) is 0.635. The number of anilines is 1. The zero-order valence-electron chi connectivity index (χ0n) is 17.7. The minimum atomic E-state index is -0.373. The molecule has 0 saturated carbocycles. The summed E-state index contributed by atoms with van der Waals surface area (Å²) >= 11 is 0. The van der Waals surface area contributed by atoms with Gasteiger partial charge in [0, 0.05) is 12.6 Å². The highest BCUT2D eigenvalue weighted by Gasteiger charge is 2.38. The molecule has 0 bridgehead atoms. The number of rotatable bonds is 9. The van der Waals surface area contributed by atoms with Gasteiger partial charge in [-0.1, -0.05) is 19.1 Å². The van der Waals surface area contributed by atoms with Crippen LogP contribution in [0.4, 0.5) is 5.69 Å². The lowest BCUT2D eigenvalue weighted by molar-refractivity contribution is -0.136. The summed E-state index contributed by atoms with van der Waals surface area (Å²) in [6, 6.07) is 12.4. The third-order valence-corrected chi connectivity index (χ3v) is 4.77. The summed E-state index contributed by atoms with van der Waals surface area (Å²) in [5.41, 5.74) is 1.74. The van der Waals surface area contributed by atoms with E-state index in [1.54, 1.807) is 56.5 Å². The van der Waals surface area contributed by atoms with Crippen molar-refractivity contribution in [3.63, 3.8) is 0 Å². The molecule has 0 unspecified atom stereocenters. The van der Waals surface area contributed by atoms with Gasteiger partial charge in [0.15, 0.2) is 0 Å². The molecule has 1 N–H and O–H groups in total. The summed E-state index contributed by atoms with van der Waals surface area (Å²) in [6.45, 7) is 4.70. The maximum Gasteiger partial charge on any atom is 0.278 e. The van der Waals surface area contributed by atoms with Crippen LogP contribution in [0.25, 0.3) is 5.57 Å². The number of amides is 2. The van der Waals surface area contributed by atoms with E-state index < -0.39 is 0 Å². The fraction of sp³-hybridized carbons (Fsp3) is 0.304. The Bertz CT molecular complexity index is 966. The summed E-state index contributed by atoms with van der Waals surface area (Å²) in [5.74, 6) is 1.14. The van der Waals surface area contributed by atoms with Gasteiger partial charge in [0.05, 0.1) is 32.1 Å². The van der Waals surface area contributed by atoms with Crippen LogP contribution in [0.15, 0.2) is 48.2 Å². The van der Waals surface area contributed by atoms with Crippen molar-refractivity contribution < 1.29 is 23.8 Å². The Morgan fingerprint density at radius 3 is 2.20 bits per heavy atom. The number of methoxy groups -OCH3 is 2. The van der Waals surface area contributed by atoms with Gasteiger partial charge in [-0.3, -0.25) is 14.5 Å². The van der Waals surface area contributed by atoms with Crippen LogP contribution in [0.2, 0.25) is 0 Å². The van der Waals surface area contributed by atoms with Crippen molar-refractivity contribution in [1.82, 2.24) is 4.90 Å². The van der Waals surface area contributed by atoms with E-state index in [-0.39, 0.29) is 24.1 Å². The normalized spacial score (nSPS) is 13.7. The van der Waals surface area contributed by atoms with E-state index in [4.69, 9.17) is 14.2 Å². The van der Waals surface area contributed by atoms with Gasteiger partial charge in [-0.25, -0.2) is 0 Å². The highest BCUT2D eigenvalue weighted by atomic mass is 16.5. The second-order valence-electron chi connectivity index (χ2n) is 6.67. The lowest BCUT2D eigenvalue weighted by Crippen LogP contribution is -2.32. The molecule has 3 rings (SSSR count). The molecule has 7 heteroatoms. The van der Waals surface area contributed by atoms with Crippen LogP contribution in [0.3, 0.4) is 0 Å². The molecule has 0 saturated heterocycles. The summed E-state index contributed by atoms with van der Waals surface area (Å²) in [6.07, 6.45) is 0.906. The van der Waals surface area contributed by atoms with Crippen molar-refractivity contribution in [3.05, 3.63) is 53.7 Å². The van der Waals surface area contributed by atoms with E-state index in [1.165, 1.54) is 12.0 Å². The Balaban J connectivity index is 2.02. The summed E-state index contributed by atoms with van der Waals surface area (Å²) in [7, 11) is 3.10. The summed E-state index contributed by atoms with van der Waals surface area (Å²) in [4.78, 5) is 27.2. The number of hydrogen-bond donors (Lipinski definition) is 1. The van der Waals surface area contributed by atoms with E-state index in [2.05, 4.69) is 5.32 Å². The standard InChI is InChI=1S/C23H26N2O5/c1-5-13-30-16-9-7-15(8-10-16)20-21(23(27)25(6-2)22(20)26)24-18-12-11-17(28-3)14-19(18)29-4/h7-12,14,24H,5-6,13H2,1-4H3. The van der Waals surface area contributed by atoms with Crippen LogP contribution < -0.4 is 19.5 Å². The highest BCUT2D eigenvalue weighted by Crippen LogP contribution is 2.35. The maximum atomic E-state index is 13.0. The first-order chi connectivity index (χ1) is 14.5. The van der Waals surface area contributed by atoms with E-state index in [9.17, 15) is 9.59 Å². The van der Waals surface area contributed by atoms with Crippen molar-refractivity contribution >= 4 is 23.1 Å². The zero-order valence-corrected chi connectivity index (χ0v) is 17.7. The maximum absolute atomic E-state index is 13.0. The van der Waals surface area contributed by atoms with Crippen molar-refractivity contribution in [3.8, 4) is 17.2 Å². The molecule has 0 spiro atoms. The fourth-order valence-electron chi connectivity index (χ4n) is 3.22.